The maximum atomic E-state index is 12.5. The first kappa shape index (κ1) is 14.8. The fraction of sp³-hybridized carbons (Fsp3) is 0.500. The quantitative estimate of drug-likeness (QED) is 0.889. The fourth-order valence-corrected chi connectivity index (χ4v) is 3.04. The minimum atomic E-state index is -1.03. The predicted octanol–water partition coefficient (Wildman–Crippen LogP) is 1.35. The number of rotatable bonds is 5. The lowest BCUT2D eigenvalue weighted by atomic mass is 10.1. The predicted molar refractivity (Wildman–Crippen MR) is 81.1 cm³/mol. The molecule has 2 heterocycles. The van der Waals surface area contributed by atoms with Crippen LogP contribution in [0.4, 0.5) is 5.69 Å². The second-order valence-electron chi connectivity index (χ2n) is 5.71. The zero-order valence-corrected chi connectivity index (χ0v) is 12.4. The monoisotopic (exact) mass is 304 g/mol. The van der Waals surface area contributed by atoms with E-state index in [1.807, 2.05) is 18.2 Å². The number of carboxylic acids is 1. The molecule has 0 bridgehead atoms. The van der Waals surface area contributed by atoms with Crippen molar-refractivity contribution >= 4 is 17.6 Å². The van der Waals surface area contributed by atoms with Gasteiger partial charge >= 0.3 is 5.97 Å². The van der Waals surface area contributed by atoms with Crippen molar-refractivity contribution in [2.45, 2.75) is 25.4 Å². The van der Waals surface area contributed by atoms with Gasteiger partial charge in [-0.15, -0.1) is 0 Å². The number of ether oxygens (including phenoxy) is 1. The molecule has 118 valence electrons. The van der Waals surface area contributed by atoms with Crippen molar-refractivity contribution < 1.29 is 19.4 Å². The van der Waals surface area contributed by atoms with Crippen molar-refractivity contribution in [2.24, 2.45) is 0 Å². The van der Waals surface area contributed by atoms with Gasteiger partial charge in [0.1, 0.15) is 5.75 Å². The van der Waals surface area contributed by atoms with Gasteiger partial charge in [0.2, 0.25) is 0 Å². The lowest BCUT2D eigenvalue weighted by Gasteiger charge is -2.34. The topological polar surface area (TPSA) is 70.1 Å². The fourth-order valence-electron chi connectivity index (χ4n) is 3.04. The van der Waals surface area contributed by atoms with Crippen molar-refractivity contribution in [3.63, 3.8) is 0 Å². The summed E-state index contributed by atoms with van der Waals surface area (Å²) < 4.78 is 5.57. The van der Waals surface area contributed by atoms with Gasteiger partial charge in [-0.05, 0) is 38.1 Å². The number of likely N-dealkylation sites (tertiary alicyclic amines) is 1. The molecular formula is C16H20N2O4. The van der Waals surface area contributed by atoms with E-state index in [4.69, 9.17) is 9.84 Å². The van der Waals surface area contributed by atoms with Crippen molar-refractivity contribution in [1.29, 1.82) is 0 Å². The Morgan fingerprint density at radius 2 is 1.95 bits per heavy atom. The third-order valence-electron chi connectivity index (χ3n) is 4.17. The van der Waals surface area contributed by atoms with Crippen LogP contribution in [0.2, 0.25) is 0 Å². The summed E-state index contributed by atoms with van der Waals surface area (Å²) in [6.45, 7) is 3.51. The first-order valence-electron chi connectivity index (χ1n) is 7.66. The Labute approximate surface area is 129 Å². The minimum absolute atomic E-state index is 0.264. The van der Waals surface area contributed by atoms with Crippen LogP contribution in [0.3, 0.4) is 0 Å². The highest BCUT2D eigenvalue weighted by atomic mass is 16.5. The van der Waals surface area contributed by atoms with Crippen LogP contribution >= 0.6 is 0 Å². The van der Waals surface area contributed by atoms with Gasteiger partial charge in [-0.3, -0.25) is 9.59 Å². The number of aliphatic carboxylic acids is 1. The normalized spacial score (nSPS) is 21.5. The van der Waals surface area contributed by atoms with Gasteiger partial charge in [0.25, 0.3) is 5.91 Å². The Hall–Kier alpha value is -2.08. The van der Waals surface area contributed by atoms with Crippen LogP contribution < -0.4 is 9.64 Å². The third-order valence-corrected chi connectivity index (χ3v) is 4.17. The molecule has 1 fully saturated rings. The molecule has 1 atom stereocenters. The number of hydrogen-bond donors (Lipinski definition) is 1. The lowest BCUT2D eigenvalue weighted by molar-refractivity contribution is -0.142. The van der Waals surface area contributed by atoms with Crippen LogP contribution in [0.5, 0.6) is 5.75 Å². The van der Waals surface area contributed by atoms with Crippen molar-refractivity contribution in [2.75, 3.05) is 31.1 Å². The number of para-hydroxylation sites is 2. The van der Waals surface area contributed by atoms with Gasteiger partial charge in [0, 0.05) is 13.1 Å². The highest BCUT2D eigenvalue weighted by molar-refractivity contribution is 6.01. The summed E-state index contributed by atoms with van der Waals surface area (Å²) in [5.74, 6) is -0.715. The summed E-state index contributed by atoms with van der Waals surface area (Å²) in [4.78, 5) is 27.5. The molecular weight excluding hydrogens is 284 g/mol. The average Bonchev–Trinajstić information content (AvgIpc) is 3.00. The maximum absolute atomic E-state index is 12.5. The molecule has 2 aliphatic heterocycles. The lowest BCUT2D eigenvalue weighted by Crippen LogP contribution is -2.49. The Kier molecular flexibility index (Phi) is 4.29. The Morgan fingerprint density at radius 3 is 2.68 bits per heavy atom. The highest BCUT2D eigenvalue weighted by Crippen LogP contribution is 2.34. The van der Waals surface area contributed by atoms with E-state index in [-0.39, 0.29) is 12.3 Å². The number of nitrogens with zero attached hydrogens (tertiary/aromatic N) is 2. The molecule has 0 spiro atoms. The average molecular weight is 304 g/mol. The summed E-state index contributed by atoms with van der Waals surface area (Å²) in [5, 5.41) is 8.96. The molecule has 0 aromatic heterocycles. The molecule has 6 heteroatoms. The van der Waals surface area contributed by atoms with E-state index >= 15 is 0 Å². The molecule has 1 aromatic rings. The Balaban J connectivity index is 1.78. The summed E-state index contributed by atoms with van der Waals surface area (Å²) in [7, 11) is 0. The van der Waals surface area contributed by atoms with Gasteiger partial charge in [-0.1, -0.05) is 12.1 Å². The van der Waals surface area contributed by atoms with Gasteiger partial charge in [-0.2, -0.15) is 0 Å². The molecule has 2 aliphatic rings. The van der Waals surface area contributed by atoms with E-state index in [2.05, 4.69) is 4.90 Å². The molecule has 1 amide bonds. The van der Waals surface area contributed by atoms with Crippen LogP contribution in [0.15, 0.2) is 24.3 Å². The standard InChI is InChI=1S/C16H20N2O4/c19-15(20)11-14-16(21)18(10-9-17-7-3-4-8-17)12-5-1-2-6-13(12)22-14/h1-2,5-6,14H,3-4,7-11H2,(H,19,20). The first-order chi connectivity index (χ1) is 10.6. The summed E-state index contributed by atoms with van der Waals surface area (Å²) in [5.41, 5.74) is 0.730. The van der Waals surface area contributed by atoms with Crippen LogP contribution in [-0.2, 0) is 9.59 Å². The number of fused-ring (bicyclic) bond motifs is 1. The van der Waals surface area contributed by atoms with E-state index in [9.17, 15) is 9.59 Å². The number of carbonyl (C=O) groups is 2. The smallest absolute Gasteiger partial charge is 0.307 e. The molecule has 0 saturated carbocycles. The van der Waals surface area contributed by atoms with Gasteiger partial charge in [0.05, 0.1) is 12.1 Å². The Morgan fingerprint density at radius 1 is 1.23 bits per heavy atom. The van der Waals surface area contributed by atoms with E-state index < -0.39 is 12.1 Å². The van der Waals surface area contributed by atoms with E-state index in [0.717, 1.165) is 25.3 Å². The minimum Gasteiger partial charge on any atom is -0.481 e. The zero-order valence-electron chi connectivity index (χ0n) is 12.4. The number of hydrogen-bond acceptors (Lipinski definition) is 4. The van der Waals surface area contributed by atoms with Crippen molar-refractivity contribution in [3.05, 3.63) is 24.3 Å². The number of carboxylic acid groups (broad SMARTS) is 1. The largest absolute Gasteiger partial charge is 0.481 e. The van der Waals surface area contributed by atoms with Crippen LogP contribution in [0.25, 0.3) is 0 Å². The molecule has 22 heavy (non-hydrogen) atoms. The van der Waals surface area contributed by atoms with Crippen LogP contribution in [-0.4, -0.2) is 54.2 Å². The van der Waals surface area contributed by atoms with E-state index in [1.165, 1.54) is 12.8 Å². The van der Waals surface area contributed by atoms with E-state index in [0.29, 0.717) is 12.3 Å². The molecule has 1 unspecified atom stereocenters. The number of anilines is 1. The molecule has 0 aliphatic carbocycles. The third kappa shape index (κ3) is 3.06. The van der Waals surface area contributed by atoms with Gasteiger partial charge in [-0.25, -0.2) is 0 Å². The zero-order chi connectivity index (χ0) is 15.5. The molecule has 3 rings (SSSR count). The summed E-state index contributed by atoms with van der Waals surface area (Å²) >= 11 is 0. The SMILES string of the molecule is O=C(O)CC1Oc2ccccc2N(CCN2CCCC2)C1=O. The number of benzene rings is 1. The maximum Gasteiger partial charge on any atom is 0.307 e. The van der Waals surface area contributed by atoms with Crippen molar-refractivity contribution in [1.82, 2.24) is 4.90 Å². The number of carbonyl (C=O) groups excluding carboxylic acids is 1. The molecule has 1 N–H and O–H groups in total. The second kappa shape index (κ2) is 6.36. The van der Waals surface area contributed by atoms with Gasteiger partial charge in [0.15, 0.2) is 6.10 Å². The highest BCUT2D eigenvalue weighted by Gasteiger charge is 2.35. The molecule has 6 nitrogen and oxygen atoms in total. The number of amides is 1. The van der Waals surface area contributed by atoms with Crippen molar-refractivity contribution in [3.8, 4) is 5.75 Å². The van der Waals surface area contributed by atoms with E-state index in [1.54, 1.807) is 11.0 Å². The second-order valence-corrected chi connectivity index (χ2v) is 5.71. The van der Waals surface area contributed by atoms with Crippen LogP contribution in [0.1, 0.15) is 19.3 Å². The van der Waals surface area contributed by atoms with Crippen LogP contribution in [0, 0.1) is 0 Å². The molecule has 1 aromatic carbocycles. The summed E-state index contributed by atoms with van der Waals surface area (Å²) in [6.07, 6.45) is 1.16. The first-order valence-corrected chi connectivity index (χ1v) is 7.66. The Bertz CT molecular complexity index is 569. The molecule has 1 saturated heterocycles. The summed E-state index contributed by atoms with van der Waals surface area (Å²) in [6, 6.07) is 7.30. The molecule has 0 radical (unpaired) electrons. The van der Waals surface area contributed by atoms with Gasteiger partial charge < -0.3 is 19.6 Å².